The van der Waals surface area contributed by atoms with E-state index < -0.39 is 17.7 Å². The molecule has 1 aliphatic carbocycles. The van der Waals surface area contributed by atoms with Crippen molar-refractivity contribution in [2.24, 2.45) is 5.92 Å². The fourth-order valence-corrected chi connectivity index (χ4v) is 1.97. The molecule has 0 saturated heterocycles. The smallest absolute Gasteiger partial charge is 0.340 e. The first-order valence-electron chi connectivity index (χ1n) is 6.98. The molecule has 0 radical (unpaired) electrons. The van der Waals surface area contributed by atoms with Gasteiger partial charge < -0.3 is 9.84 Å². The van der Waals surface area contributed by atoms with Crippen LogP contribution in [0, 0.1) is 17.8 Å². The van der Waals surface area contributed by atoms with Crippen LogP contribution >= 0.6 is 11.6 Å². The monoisotopic (exact) mass is 306 g/mol. The quantitative estimate of drug-likeness (QED) is 0.669. The van der Waals surface area contributed by atoms with Crippen LogP contribution < -0.4 is 0 Å². The number of esters is 1. The average molecular weight is 307 g/mol. The second-order valence-corrected chi connectivity index (χ2v) is 6.61. The Morgan fingerprint density at radius 3 is 2.62 bits per heavy atom. The van der Waals surface area contributed by atoms with Crippen molar-refractivity contribution in [3.8, 4) is 11.8 Å². The molecule has 1 saturated carbocycles. The summed E-state index contributed by atoms with van der Waals surface area (Å²) >= 11 is 6.11. The van der Waals surface area contributed by atoms with Gasteiger partial charge >= 0.3 is 5.97 Å². The molecule has 112 valence electrons. The summed E-state index contributed by atoms with van der Waals surface area (Å²) in [5.74, 6) is 5.77. The maximum Gasteiger partial charge on any atom is 0.340 e. The van der Waals surface area contributed by atoms with E-state index in [4.69, 9.17) is 16.3 Å². The van der Waals surface area contributed by atoms with Crippen LogP contribution in [0.15, 0.2) is 18.2 Å². The Bertz CT molecular complexity index is 601. The SMILES string of the molecule is CC(C)(C)OC(=O)c1ccc(C(O)C#CC2CC2)cc1Cl. The molecule has 0 spiro atoms. The second kappa shape index (κ2) is 6.09. The van der Waals surface area contributed by atoms with Gasteiger partial charge in [-0.3, -0.25) is 0 Å². The van der Waals surface area contributed by atoms with Gasteiger partial charge in [-0.15, -0.1) is 0 Å². The standard InChI is InChI=1S/C17H19ClO3/c1-17(2,3)21-16(20)13-8-7-12(10-14(13)18)15(19)9-6-11-4-5-11/h7-8,10-11,15,19H,4-5H2,1-3H3. The molecule has 1 aliphatic rings. The van der Waals surface area contributed by atoms with Crippen LogP contribution in [0.5, 0.6) is 0 Å². The summed E-state index contributed by atoms with van der Waals surface area (Å²) in [5.41, 5.74) is 0.298. The minimum Gasteiger partial charge on any atom is -0.456 e. The largest absolute Gasteiger partial charge is 0.456 e. The zero-order valence-electron chi connectivity index (χ0n) is 12.4. The maximum absolute atomic E-state index is 12.0. The molecule has 0 bridgehead atoms. The van der Waals surface area contributed by atoms with Crippen molar-refractivity contribution in [1.82, 2.24) is 0 Å². The van der Waals surface area contributed by atoms with Crippen molar-refractivity contribution in [2.45, 2.75) is 45.3 Å². The minimum absolute atomic E-state index is 0.258. The summed E-state index contributed by atoms with van der Waals surface area (Å²) in [6.07, 6.45) is 1.34. The average Bonchev–Trinajstić information content (AvgIpc) is 3.17. The van der Waals surface area contributed by atoms with Gasteiger partial charge in [0, 0.05) is 5.92 Å². The lowest BCUT2D eigenvalue weighted by molar-refractivity contribution is 0.00696. The van der Waals surface area contributed by atoms with Crippen LogP contribution in [-0.2, 0) is 4.74 Å². The molecule has 0 aliphatic heterocycles. The fourth-order valence-electron chi connectivity index (χ4n) is 1.71. The number of benzene rings is 1. The first kappa shape index (κ1) is 15.9. The van der Waals surface area contributed by atoms with Crippen LogP contribution in [-0.4, -0.2) is 16.7 Å². The van der Waals surface area contributed by atoms with Crippen molar-refractivity contribution >= 4 is 17.6 Å². The molecule has 1 aromatic carbocycles. The number of carbonyl (C=O) groups is 1. The molecule has 1 N–H and O–H groups in total. The lowest BCUT2D eigenvalue weighted by Gasteiger charge is -2.20. The van der Waals surface area contributed by atoms with Crippen LogP contribution in [0.2, 0.25) is 5.02 Å². The van der Waals surface area contributed by atoms with Gasteiger partial charge in [0.25, 0.3) is 0 Å². The zero-order chi connectivity index (χ0) is 15.6. The van der Waals surface area contributed by atoms with E-state index in [0.29, 0.717) is 11.5 Å². The van der Waals surface area contributed by atoms with Crippen molar-refractivity contribution in [2.75, 3.05) is 0 Å². The number of halogens is 1. The van der Waals surface area contributed by atoms with Crippen molar-refractivity contribution in [3.63, 3.8) is 0 Å². The van der Waals surface area contributed by atoms with E-state index in [9.17, 15) is 9.90 Å². The number of hydrogen-bond acceptors (Lipinski definition) is 3. The number of carbonyl (C=O) groups excluding carboxylic acids is 1. The van der Waals surface area contributed by atoms with E-state index in [-0.39, 0.29) is 10.6 Å². The topological polar surface area (TPSA) is 46.5 Å². The molecule has 0 aromatic heterocycles. The third-order valence-electron chi connectivity index (χ3n) is 2.93. The normalized spacial score (nSPS) is 15.9. The highest BCUT2D eigenvalue weighted by molar-refractivity contribution is 6.33. The van der Waals surface area contributed by atoms with E-state index >= 15 is 0 Å². The van der Waals surface area contributed by atoms with Gasteiger partial charge in [-0.25, -0.2) is 4.79 Å². The summed E-state index contributed by atoms with van der Waals surface area (Å²) in [7, 11) is 0. The predicted octanol–water partition coefficient (Wildman–Crippen LogP) is 3.74. The molecule has 0 amide bonds. The molecule has 3 nitrogen and oxygen atoms in total. The molecule has 21 heavy (non-hydrogen) atoms. The third kappa shape index (κ3) is 4.77. The van der Waals surface area contributed by atoms with E-state index in [0.717, 1.165) is 12.8 Å². The highest BCUT2D eigenvalue weighted by atomic mass is 35.5. The van der Waals surface area contributed by atoms with E-state index in [2.05, 4.69) is 11.8 Å². The molecular weight excluding hydrogens is 288 g/mol. The molecule has 2 rings (SSSR count). The van der Waals surface area contributed by atoms with Crippen LogP contribution in [0.25, 0.3) is 0 Å². The molecule has 1 unspecified atom stereocenters. The molecule has 1 aromatic rings. The Morgan fingerprint density at radius 2 is 2.10 bits per heavy atom. The van der Waals surface area contributed by atoms with Gasteiger partial charge in [-0.2, -0.15) is 0 Å². The Hall–Kier alpha value is -1.50. The van der Waals surface area contributed by atoms with Crippen LogP contribution in [0.3, 0.4) is 0 Å². The summed E-state index contributed by atoms with van der Waals surface area (Å²) in [4.78, 5) is 12.0. The number of hydrogen-bond donors (Lipinski definition) is 1. The molecule has 0 heterocycles. The third-order valence-corrected chi connectivity index (χ3v) is 3.24. The molecule has 4 heteroatoms. The van der Waals surface area contributed by atoms with Crippen molar-refractivity contribution in [3.05, 3.63) is 34.3 Å². The van der Waals surface area contributed by atoms with Gasteiger partial charge in [0.1, 0.15) is 11.7 Å². The van der Waals surface area contributed by atoms with Gasteiger partial charge in [-0.1, -0.05) is 29.5 Å². The molecule has 1 fully saturated rings. The molecular formula is C17H19ClO3. The van der Waals surface area contributed by atoms with Crippen molar-refractivity contribution < 1.29 is 14.6 Å². The van der Waals surface area contributed by atoms with E-state index in [1.165, 1.54) is 0 Å². The summed E-state index contributed by atoms with van der Waals surface area (Å²) in [5, 5.41) is 10.2. The lowest BCUT2D eigenvalue weighted by Crippen LogP contribution is -2.24. The fraction of sp³-hybridized carbons (Fsp3) is 0.471. The first-order valence-corrected chi connectivity index (χ1v) is 7.36. The highest BCUT2D eigenvalue weighted by Gasteiger charge is 2.21. The van der Waals surface area contributed by atoms with E-state index in [1.807, 2.05) is 0 Å². The van der Waals surface area contributed by atoms with Gasteiger partial charge in [0.2, 0.25) is 0 Å². The van der Waals surface area contributed by atoms with Crippen LogP contribution in [0.1, 0.15) is 55.6 Å². The zero-order valence-corrected chi connectivity index (χ0v) is 13.2. The molecule has 1 atom stereocenters. The summed E-state index contributed by atoms with van der Waals surface area (Å²) in [6, 6.07) is 4.78. The number of aliphatic hydroxyl groups excluding tert-OH is 1. The summed E-state index contributed by atoms with van der Waals surface area (Å²) < 4.78 is 5.28. The Labute approximate surface area is 130 Å². The number of ether oxygens (including phenoxy) is 1. The van der Waals surface area contributed by atoms with Crippen molar-refractivity contribution in [1.29, 1.82) is 0 Å². The minimum atomic E-state index is -0.879. The van der Waals surface area contributed by atoms with Crippen LogP contribution in [0.4, 0.5) is 0 Å². The predicted molar refractivity (Wildman–Crippen MR) is 82.1 cm³/mol. The maximum atomic E-state index is 12.0. The summed E-state index contributed by atoms with van der Waals surface area (Å²) in [6.45, 7) is 5.39. The Balaban J connectivity index is 2.13. The van der Waals surface area contributed by atoms with Gasteiger partial charge in [0.15, 0.2) is 0 Å². The second-order valence-electron chi connectivity index (χ2n) is 6.21. The Kier molecular flexibility index (Phi) is 4.61. The number of aliphatic hydroxyl groups is 1. The lowest BCUT2D eigenvalue weighted by atomic mass is 10.1. The number of rotatable bonds is 2. The first-order chi connectivity index (χ1) is 9.76. The van der Waals surface area contributed by atoms with Gasteiger partial charge in [-0.05, 0) is 51.3 Å². The highest BCUT2D eigenvalue weighted by Crippen LogP contribution is 2.28. The van der Waals surface area contributed by atoms with Gasteiger partial charge in [0.05, 0.1) is 10.6 Å². The van der Waals surface area contributed by atoms with E-state index in [1.54, 1.807) is 39.0 Å². The Morgan fingerprint density at radius 1 is 1.43 bits per heavy atom.